The average Bonchev–Trinajstić information content (AvgIpc) is 3.14. The Labute approximate surface area is 213 Å². The summed E-state index contributed by atoms with van der Waals surface area (Å²) >= 11 is 0. The van der Waals surface area contributed by atoms with E-state index in [-0.39, 0.29) is 24.7 Å². The van der Waals surface area contributed by atoms with Crippen LogP contribution in [0.4, 0.5) is 22.0 Å². The van der Waals surface area contributed by atoms with Crippen LogP contribution in [0.5, 0.6) is 0 Å². The van der Waals surface area contributed by atoms with Gasteiger partial charge in [-0.15, -0.1) is 0 Å². The van der Waals surface area contributed by atoms with Gasteiger partial charge in [0.15, 0.2) is 23.3 Å². The Kier molecular flexibility index (Phi) is 12.7. The molecule has 0 unspecified atom stereocenters. The molecule has 5 nitrogen and oxygen atoms in total. The Morgan fingerprint density at radius 3 is 2.27 bits per heavy atom. The van der Waals surface area contributed by atoms with Crippen LogP contribution in [0.2, 0.25) is 0 Å². The summed E-state index contributed by atoms with van der Waals surface area (Å²) in [5, 5.41) is 30.7. The summed E-state index contributed by atoms with van der Waals surface area (Å²) in [5.74, 6) is -11.9. The average molecular weight is 535 g/mol. The monoisotopic (exact) mass is 534 g/mol. The van der Waals surface area contributed by atoms with Crippen LogP contribution in [0.15, 0.2) is 24.3 Å². The van der Waals surface area contributed by atoms with E-state index in [4.69, 9.17) is 0 Å². The lowest BCUT2D eigenvalue weighted by Crippen LogP contribution is -2.20. The summed E-state index contributed by atoms with van der Waals surface area (Å²) < 4.78 is 71.4. The predicted octanol–water partition coefficient (Wildman–Crippen LogP) is 5.40. The quantitative estimate of drug-likeness (QED) is 0.0744. The third kappa shape index (κ3) is 8.90. The Hall–Kier alpha value is -2.30. The first-order valence-corrected chi connectivity index (χ1v) is 12.6. The molecule has 0 saturated heterocycles. The van der Waals surface area contributed by atoms with Crippen molar-refractivity contribution in [1.82, 2.24) is 0 Å². The van der Waals surface area contributed by atoms with E-state index in [2.05, 4.69) is 11.7 Å². The van der Waals surface area contributed by atoms with Crippen LogP contribution in [0, 0.1) is 40.9 Å². The van der Waals surface area contributed by atoms with E-state index < -0.39 is 65.5 Å². The van der Waals surface area contributed by atoms with Gasteiger partial charge in [-0.3, -0.25) is 4.79 Å². The van der Waals surface area contributed by atoms with Gasteiger partial charge < -0.3 is 20.1 Å². The van der Waals surface area contributed by atoms with Gasteiger partial charge in [0, 0.05) is 18.8 Å². The summed E-state index contributed by atoms with van der Waals surface area (Å²) in [6, 6.07) is 0. The molecule has 0 heterocycles. The maximum Gasteiger partial charge on any atom is 0.306 e. The smallest absolute Gasteiger partial charge is 0.306 e. The van der Waals surface area contributed by atoms with Gasteiger partial charge in [0.1, 0.15) is 6.61 Å². The number of allylic oxidation sites excluding steroid dienone is 2. The van der Waals surface area contributed by atoms with Crippen molar-refractivity contribution >= 4 is 5.97 Å². The molecule has 0 spiro atoms. The fraction of sp³-hybridized carbons (Fsp3) is 0.593. The van der Waals surface area contributed by atoms with Crippen molar-refractivity contribution in [3.05, 3.63) is 59.0 Å². The Morgan fingerprint density at radius 1 is 0.973 bits per heavy atom. The number of hydrogen-bond donors (Lipinski definition) is 3. The number of ether oxygens (including phenoxy) is 1. The zero-order valence-electron chi connectivity index (χ0n) is 20.8. The Bertz CT molecular complexity index is 923. The highest BCUT2D eigenvalue weighted by molar-refractivity contribution is 5.69. The van der Waals surface area contributed by atoms with Crippen LogP contribution >= 0.6 is 0 Å². The topological polar surface area (TPSA) is 87.0 Å². The number of hydrogen-bond acceptors (Lipinski definition) is 5. The Balaban J connectivity index is 1.76. The first-order valence-electron chi connectivity index (χ1n) is 12.6. The molecular weight excluding hydrogens is 499 g/mol. The van der Waals surface area contributed by atoms with Gasteiger partial charge in [-0.05, 0) is 31.6 Å². The van der Waals surface area contributed by atoms with Crippen LogP contribution in [-0.4, -0.2) is 39.6 Å². The maximum atomic E-state index is 13.6. The number of carbonyl (C=O) groups is 1. The summed E-state index contributed by atoms with van der Waals surface area (Å²) in [4.78, 5) is 11.8. The number of benzene rings is 1. The highest BCUT2D eigenvalue weighted by atomic mass is 19.2. The van der Waals surface area contributed by atoms with Crippen LogP contribution in [0.1, 0.15) is 70.3 Å². The second-order valence-electron chi connectivity index (χ2n) is 9.37. The van der Waals surface area contributed by atoms with E-state index in [9.17, 15) is 42.1 Å². The predicted molar refractivity (Wildman–Crippen MR) is 127 cm³/mol. The molecule has 1 fully saturated rings. The Morgan fingerprint density at radius 2 is 1.62 bits per heavy atom. The minimum absolute atomic E-state index is 0.133. The summed E-state index contributed by atoms with van der Waals surface area (Å²) in [5.41, 5.74) is -1.21. The molecule has 10 heteroatoms. The number of esters is 1. The van der Waals surface area contributed by atoms with Crippen LogP contribution < -0.4 is 0 Å². The molecule has 1 aliphatic rings. The molecule has 5 atom stereocenters. The van der Waals surface area contributed by atoms with E-state index in [1.165, 1.54) is 0 Å². The largest absolute Gasteiger partial charge is 0.461 e. The van der Waals surface area contributed by atoms with Crippen LogP contribution in [-0.2, 0) is 16.1 Å². The number of carbonyl (C=O) groups excluding carboxylic acids is 1. The summed E-state index contributed by atoms with van der Waals surface area (Å²) in [6.07, 6.45) is 10.1. The molecule has 2 rings (SSSR count). The molecule has 0 aliphatic heterocycles. The molecule has 208 valence electrons. The fourth-order valence-corrected chi connectivity index (χ4v) is 4.40. The number of halogens is 5. The van der Waals surface area contributed by atoms with Gasteiger partial charge in [-0.2, -0.15) is 0 Å². The number of rotatable bonds is 14. The van der Waals surface area contributed by atoms with E-state index in [1.54, 1.807) is 18.2 Å². The van der Waals surface area contributed by atoms with Gasteiger partial charge in [-0.1, -0.05) is 50.5 Å². The molecule has 0 bridgehead atoms. The van der Waals surface area contributed by atoms with Crippen molar-refractivity contribution in [3.63, 3.8) is 0 Å². The third-order valence-electron chi connectivity index (χ3n) is 6.58. The van der Waals surface area contributed by atoms with Crippen molar-refractivity contribution in [1.29, 1.82) is 0 Å². The van der Waals surface area contributed by atoms with Crippen molar-refractivity contribution in [2.45, 2.75) is 89.6 Å². The molecule has 37 heavy (non-hydrogen) atoms. The van der Waals surface area contributed by atoms with Gasteiger partial charge in [-0.25, -0.2) is 22.0 Å². The minimum atomic E-state index is -2.28. The molecular formula is C27H35F5O5. The molecule has 0 amide bonds. The first kappa shape index (κ1) is 30.9. The molecule has 1 aliphatic carbocycles. The van der Waals surface area contributed by atoms with Crippen molar-refractivity contribution in [2.75, 3.05) is 0 Å². The van der Waals surface area contributed by atoms with E-state index >= 15 is 0 Å². The third-order valence-corrected chi connectivity index (χ3v) is 6.58. The molecule has 1 saturated carbocycles. The molecule has 0 radical (unpaired) electrons. The lowest BCUT2D eigenvalue weighted by atomic mass is 9.89. The summed E-state index contributed by atoms with van der Waals surface area (Å²) in [7, 11) is 0. The van der Waals surface area contributed by atoms with Gasteiger partial charge in [0.25, 0.3) is 0 Å². The van der Waals surface area contributed by atoms with E-state index in [0.717, 1.165) is 19.3 Å². The van der Waals surface area contributed by atoms with Crippen molar-refractivity contribution in [2.24, 2.45) is 11.8 Å². The SMILES string of the molecule is CCCCC[C@H](O)/C=C/[C@@H]1[C@@H](C/C=C\CCCC(=O)OCc2c(F)c(F)c(F)c(F)c2F)[C@@H](O)C[C@H]1O. The fourth-order valence-electron chi connectivity index (χ4n) is 4.40. The van der Waals surface area contributed by atoms with Gasteiger partial charge >= 0.3 is 5.97 Å². The summed E-state index contributed by atoms with van der Waals surface area (Å²) in [6.45, 7) is 1.00. The van der Waals surface area contributed by atoms with E-state index in [0.29, 0.717) is 25.7 Å². The highest BCUT2D eigenvalue weighted by Gasteiger charge is 2.39. The normalized spacial score (nSPS) is 22.8. The first-order chi connectivity index (χ1) is 17.6. The zero-order chi connectivity index (χ0) is 27.5. The lowest BCUT2D eigenvalue weighted by molar-refractivity contribution is -0.145. The number of aliphatic hydroxyl groups excluding tert-OH is 3. The lowest BCUT2D eigenvalue weighted by Gasteiger charge is -2.19. The van der Waals surface area contributed by atoms with E-state index in [1.807, 2.05) is 6.08 Å². The molecule has 1 aromatic rings. The number of aliphatic hydroxyl groups is 3. The second-order valence-corrected chi connectivity index (χ2v) is 9.37. The van der Waals surface area contributed by atoms with Crippen LogP contribution in [0.3, 0.4) is 0 Å². The van der Waals surface area contributed by atoms with Crippen LogP contribution in [0.25, 0.3) is 0 Å². The molecule has 3 N–H and O–H groups in total. The second kappa shape index (κ2) is 15.2. The minimum Gasteiger partial charge on any atom is -0.461 e. The van der Waals surface area contributed by atoms with Crippen molar-refractivity contribution < 1.29 is 46.8 Å². The van der Waals surface area contributed by atoms with Gasteiger partial charge in [0.2, 0.25) is 5.82 Å². The maximum absolute atomic E-state index is 13.6. The number of unbranched alkanes of at least 4 members (excludes halogenated alkanes) is 3. The zero-order valence-corrected chi connectivity index (χ0v) is 20.8. The standard InChI is InChI=1S/C27H35F5O5/c1-2-3-6-9-16(33)12-13-18-17(20(34)14-21(18)35)10-7-4-5-8-11-22(36)37-15-19-23(28)25(30)27(32)26(31)24(19)29/h4,7,12-13,16-18,20-21,33-35H,2-3,5-6,8-11,14-15H2,1H3/b7-4-,13-12+/t16-,17+,18+,20-,21+/m0/s1. The van der Waals surface area contributed by atoms with Gasteiger partial charge in [0.05, 0.1) is 23.9 Å². The van der Waals surface area contributed by atoms with Crippen molar-refractivity contribution in [3.8, 4) is 0 Å². The molecule has 1 aromatic carbocycles. The highest BCUT2D eigenvalue weighted by Crippen LogP contribution is 2.36. The molecule has 0 aromatic heterocycles.